The van der Waals surface area contributed by atoms with Gasteiger partial charge in [0.05, 0.1) is 35.0 Å². The van der Waals surface area contributed by atoms with Gasteiger partial charge in [-0.05, 0) is 60.5 Å². The standard InChI is InChI=1S/C39H34ClN7O5S/c1-26-35(38(49)47(43(26)2)30-17-11-6-12-18-30)44(3)53(51,52)33-23-29(19-20-31(33)40)37(48)42-34-22-21-32-36(41-34)46(25-28-15-9-5-10-16-28)39(50)45(32)24-27-13-7-4-8-14-27/h4-23H,24-25H2,1-3H3,(H,41,42,48). The maximum absolute atomic E-state index is 14.1. The minimum Gasteiger partial charge on any atom is -0.306 e. The van der Waals surface area contributed by atoms with Crippen LogP contribution in [-0.4, -0.2) is 44.9 Å². The molecule has 0 aliphatic rings. The van der Waals surface area contributed by atoms with Gasteiger partial charge in [-0.2, -0.15) is 0 Å². The third kappa shape index (κ3) is 6.56. The maximum atomic E-state index is 14.1. The van der Waals surface area contributed by atoms with Crippen LogP contribution in [0.2, 0.25) is 5.02 Å². The van der Waals surface area contributed by atoms with Crippen molar-refractivity contribution in [2.45, 2.75) is 24.9 Å². The topological polar surface area (TPSA) is 133 Å². The van der Waals surface area contributed by atoms with Gasteiger partial charge in [0.25, 0.3) is 21.5 Å². The number of rotatable bonds is 10. The molecule has 268 valence electrons. The van der Waals surface area contributed by atoms with E-state index in [9.17, 15) is 22.8 Å². The van der Waals surface area contributed by atoms with Gasteiger partial charge in [-0.1, -0.05) is 90.5 Å². The predicted molar refractivity (Wildman–Crippen MR) is 206 cm³/mol. The number of para-hydroxylation sites is 1. The number of nitrogens with one attached hydrogen (secondary N) is 1. The Morgan fingerprint density at radius 2 is 1.40 bits per heavy atom. The van der Waals surface area contributed by atoms with E-state index < -0.39 is 21.5 Å². The molecule has 3 heterocycles. The Morgan fingerprint density at radius 3 is 2.02 bits per heavy atom. The largest absolute Gasteiger partial charge is 0.330 e. The summed E-state index contributed by atoms with van der Waals surface area (Å²) in [6, 6.07) is 35.2. The molecule has 0 radical (unpaired) electrons. The summed E-state index contributed by atoms with van der Waals surface area (Å²) in [7, 11) is -1.50. The Morgan fingerprint density at radius 1 is 0.811 bits per heavy atom. The molecule has 1 N–H and O–H groups in total. The lowest BCUT2D eigenvalue weighted by Crippen LogP contribution is -2.32. The van der Waals surface area contributed by atoms with Gasteiger partial charge >= 0.3 is 5.69 Å². The number of hydrogen-bond acceptors (Lipinski definition) is 6. The van der Waals surface area contributed by atoms with Gasteiger partial charge in [-0.25, -0.2) is 22.9 Å². The number of hydrogen-bond donors (Lipinski definition) is 1. The van der Waals surface area contributed by atoms with Gasteiger partial charge in [0.1, 0.15) is 16.4 Å². The van der Waals surface area contributed by atoms with Crippen molar-refractivity contribution in [1.82, 2.24) is 23.5 Å². The first kappa shape index (κ1) is 35.2. The molecule has 12 nitrogen and oxygen atoms in total. The van der Waals surface area contributed by atoms with Crippen LogP contribution in [0.15, 0.2) is 136 Å². The van der Waals surface area contributed by atoms with Crippen LogP contribution in [0.4, 0.5) is 11.5 Å². The van der Waals surface area contributed by atoms with Crippen LogP contribution in [0.25, 0.3) is 16.9 Å². The van der Waals surface area contributed by atoms with Crippen molar-refractivity contribution in [2.75, 3.05) is 16.7 Å². The van der Waals surface area contributed by atoms with E-state index in [1.54, 1.807) is 64.2 Å². The molecule has 0 bridgehead atoms. The first-order chi connectivity index (χ1) is 25.5. The molecule has 4 aromatic carbocycles. The number of sulfonamides is 1. The summed E-state index contributed by atoms with van der Waals surface area (Å²) in [5.41, 5.74) is 2.86. The van der Waals surface area contributed by atoms with Crippen molar-refractivity contribution in [2.24, 2.45) is 7.05 Å². The van der Waals surface area contributed by atoms with E-state index in [0.29, 0.717) is 29.1 Å². The lowest BCUT2D eigenvalue weighted by Gasteiger charge is -2.19. The van der Waals surface area contributed by atoms with Crippen molar-refractivity contribution in [3.05, 3.63) is 170 Å². The summed E-state index contributed by atoms with van der Waals surface area (Å²) in [4.78, 5) is 45.4. The molecule has 0 spiro atoms. The number of fused-ring (bicyclic) bond motifs is 1. The number of nitrogens with zero attached hydrogens (tertiary/aromatic N) is 6. The van der Waals surface area contributed by atoms with E-state index >= 15 is 0 Å². The number of pyridine rings is 1. The quantitative estimate of drug-likeness (QED) is 0.188. The molecular formula is C39H34ClN7O5S. The number of carbonyl (C=O) groups excluding carboxylic acids is 1. The van der Waals surface area contributed by atoms with Crippen LogP contribution in [0.3, 0.4) is 0 Å². The van der Waals surface area contributed by atoms with Gasteiger partial charge in [-0.15, -0.1) is 0 Å². The number of anilines is 2. The highest BCUT2D eigenvalue weighted by Gasteiger charge is 2.31. The van der Waals surface area contributed by atoms with E-state index in [2.05, 4.69) is 10.3 Å². The van der Waals surface area contributed by atoms with Gasteiger partial charge in [0.15, 0.2) is 5.65 Å². The van der Waals surface area contributed by atoms with Gasteiger partial charge < -0.3 is 5.32 Å². The van der Waals surface area contributed by atoms with E-state index in [1.807, 2.05) is 66.7 Å². The summed E-state index contributed by atoms with van der Waals surface area (Å²) in [5.74, 6) is -0.505. The second-order valence-corrected chi connectivity index (χ2v) is 14.8. The average molecular weight is 748 g/mol. The molecule has 53 heavy (non-hydrogen) atoms. The average Bonchev–Trinajstić information content (AvgIpc) is 3.54. The third-order valence-electron chi connectivity index (χ3n) is 9.14. The minimum absolute atomic E-state index is 0.0157. The zero-order chi connectivity index (χ0) is 37.4. The van der Waals surface area contributed by atoms with Crippen LogP contribution in [0.5, 0.6) is 0 Å². The number of aromatic nitrogens is 5. The van der Waals surface area contributed by atoms with Crippen LogP contribution in [-0.2, 0) is 30.2 Å². The highest BCUT2D eigenvalue weighted by atomic mass is 35.5. The zero-order valence-electron chi connectivity index (χ0n) is 29.0. The number of benzene rings is 4. The van der Waals surface area contributed by atoms with Crippen LogP contribution in [0.1, 0.15) is 27.2 Å². The predicted octanol–water partition coefficient (Wildman–Crippen LogP) is 5.82. The molecular weight excluding hydrogens is 714 g/mol. The van der Waals surface area contributed by atoms with Gasteiger partial charge in [0, 0.05) is 19.7 Å². The maximum Gasteiger partial charge on any atom is 0.330 e. The van der Waals surface area contributed by atoms with Gasteiger partial charge in [-0.3, -0.25) is 27.7 Å². The normalized spacial score (nSPS) is 11.5. The van der Waals surface area contributed by atoms with E-state index in [0.717, 1.165) is 21.5 Å². The minimum atomic E-state index is -4.44. The third-order valence-corrected chi connectivity index (χ3v) is 11.4. The van der Waals surface area contributed by atoms with E-state index in [4.69, 9.17) is 11.6 Å². The zero-order valence-corrected chi connectivity index (χ0v) is 30.5. The number of halogens is 1. The molecule has 14 heteroatoms. The fourth-order valence-electron chi connectivity index (χ4n) is 6.30. The molecule has 0 aliphatic carbocycles. The fourth-order valence-corrected chi connectivity index (χ4v) is 8.05. The smallest absolute Gasteiger partial charge is 0.306 e. The fraction of sp³-hybridized carbons (Fsp3) is 0.128. The van der Waals surface area contributed by atoms with E-state index in [-0.39, 0.29) is 39.2 Å². The van der Waals surface area contributed by atoms with Crippen molar-refractivity contribution >= 4 is 50.2 Å². The number of carbonyl (C=O) groups is 1. The van der Waals surface area contributed by atoms with E-state index in [1.165, 1.54) is 23.9 Å². The summed E-state index contributed by atoms with van der Waals surface area (Å²) >= 11 is 6.44. The Labute approximate surface area is 309 Å². The first-order valence-electron chi connectivity index (χ1n) is 16.6. The highest BCUT2D eigenvalue weighted by Crippen LogP contribution is 2.30. The molecule has 0 fully saturated rings. The summed E-state index contributed by atoms with van der Waals surface area (Å²) < 4.78 is 35.1. The summed E-state index contributed by atoms with van der Waals surface area (Å²) in [6.07, 6.45) is 0. The van der Waals surface area contributed by atoms with Crippen LogP contribution < -0.4 is 20.9 Å². The van der Waals surface area contributed by atoms with Crippen molar-refractivity contribution in [3.8, 4) is 5.69 Å². The summed E-state index contributed by atoms with van der Waals surface area (Å²) in [6.45, 7) is 2.22. The van der Waals surface area contributed by atoms with Crippen LogP contribution in [0, 0.1) is 6.92 Å². The first-order valence-corrected chi connectivity index (χ1v) is 18.4. The second kappa shape index (κ2) is 14.1. The Hall–Kier alpha value is -6.18. The molecule has 0 unspecified atom stereocenters. The molecule has 7 rings (SSSR count). The van der Waals surface area contributed by atoms with Gasteiger partial charge in [0.2, 0.25) is 0 Å². The molecule has 0 atom stereocenters. The molecule has 3 aromatic heterocycles. The molecule has 0 saturated heterocycles. The summed E-state index contributed by atoms with van der Waals surface area (Å²) in [5, 5.41) is 2.61. The molecule has 1 amide bonds. The Kier molecular flexibility index (Phi) is 9.37. The molecule has 7 aromatic rings. The number of imidazole rings is 1. The van der Waals surface area contributed by atoms with Crippen molar-refractivity contribution < 1.29 is 13.2 Å². The monoisotopic (exact) mass is 747 g/mol. The lowest BCUT2D eigenvalue weighted by molar-refractivity contribution is 0.102. The van der Waals surface area contributed by atoms with Crippen LogP contribution >= 0.6 is 11.6 Å². The van der Waals surface area contributed by atoms with Crippen molar-refractivity contribution in [1.29, 1.82) is 0 Å². The second-order valence-electron chi connectivity index (χ2n) is 12.4. The molecule has 0 saturated carbocycles. The highest BCUT2D eigenvalue weighted by molar-refractivity contribution is 7.93. The Balaban J connectivity index is 1.21. The SMILES string of the molecule is Cc1c(N(C)S(=O)(=O)c2cc(C(=O)Nc3ccc4c(n3)n(Cc3ccccc3)c(=O)n4Cc3ccccc3)ccc2Cl)c(=O)n(-c2ccccc2)n1C. The Bertz CT molecular complexity index is 2720. The lowest BCUT2D eigenvalue weighted by atomic mass is 10.2. The van der Waals surface area contributed by atoms with Crippen molar-refractivity contribution in [3.63, 3.8) is 0 Å². The number of amides is 1. The molecule has 0 aliphatic heterocycles.